The van der Waals surface area contributed by atoms with Crippen LogP contribution in [0.1, 0.15) is 201 Å². The van der Waals surface area contributed by atoms with Crippen LogP contribution < -0.4 is 0 Å². The van der Waals surface area contributed by atoms with Crippen LogP contribution in [0.5, 0.6) is 0 Å². The van der Waals surface area contributed by atoms with Gasteiger partial charge in [-0.2, -0.15) is 0 Å². The average Bonchev–Trinajstić information content (AvgIpc) is 3.35. The van der Waals surface area contributed by atoms with Crippen molar-refractivity contribution in [2.45, 2.75) is 207 Å². The molecule has 0 spiro atoms. The number of rotatable bonds is 46. The van der Waals surface area contributed by atoms with Gasteiger partial charge in [-0.3, -0.25) is 14.4 Å². The molecule has 0 rings (SSSR count). The van der Waals surface area contributed by atoms with Gasteiger partial charge in [0.2, 0.25) is 0 Å². The monoisotopic (exact) mass is 949 g/mol. The molecule has 0 N–H and O–H groups in total. The van der Waals surface area contributed by atoms with Crippen LogP contribution >= 0.6 is 0 Å². The molecule has 6 heteroatoms. The van der Waals surface area contributed by atoms with Crippen LogP contribution in [0, 0.1) is 0 Å². The summed E-state index contributed by atoms with van der Waals surface area (Å²) in [5.74, 6) is -1.06. The molecule has 0 fully saturated rings. The van der Waals surface area contributed by atoms with Crippen molar-refractivity contribution in [3.8, 4) is 0 Å². The maximum atomic E-state index is 12.8. The van der Waals surface area contributed by atoms with Gasteiger partial charge in [0.1, 0.15) is 13.2 Å². The minimum absolute atomic E-state index is 0.126. The Hall–Kier alpha value is -4.97. The number of esters is 3. The molecular formula is C63H96O6. The van der Waals surface area contributed by atoms with Crippen molar-refractivity contribution in [3.05, 3.63) is 158 Å². The molecule has 0 aromatic rings. The summed E-state index contributed by atoms with van der Waals surface area (Å²) in [6.45, 7) is 6.16. The zero-order valence-electron chi connectivity index (χ0n) is 43.8. The van der Waals surface area contributed by atoms with Gasteiger partial charge in [0, 0.05) is 19.3 Å². The fraction of sp³-hybridized carbons (Fsp3) is 0.540. The Morgan fingerprint density at radius 2 is 0.623 bits per heavy atom. The minimum Gasteiger partial charge on any atom is -0.462 e. The number of hydrogen-bond acceptors (Lipinski definition) is 6. The van der Waals surface area contributed by atoms with Crippen LogP contribution in [-0.4, -0.2) is 37.2 Å². The number of ether oxygens (including phenoxy) is 3. The summed E-state index contributed by atoms with van der Waals surface area (Å²) in [6.07, 6.45) is 81.0. The van der Waals surface area contributed by atoms with Crippen LogP contribution in [0.25, 0.3) is 0 Å². The van der Waals surface area contributed by atoms with E-state index in [0.717, 1.165) is 141 Å². The average molecular weight is 949 g/mol. The van der Waals surface area contributed by atoms with E-state index in [9.17, 15) is 14.4 Å². The summed E-state index contributed by atoms with van der Waals surface area (Å²) in [5.41, 5.74) is 0. The first-order valence-corrected chi connectivity index (χ1v) is 27.0. The fourth-order valence-corrected chi connectivity index (χ4v) is 6.63. The van der Waals surface area contributed by atoms with Crippen molar-refractivity contribution in [1.82, 2.24) is 0 Å². The first-order chi connectivity index (χ1) is 34.0. The number of carbonyl (C=O) groups is 3. The third-order valence-corrected chi connectivity index (χ3v) is 10.6. The molecule has 0 bridgehead atoms. The van der Waals surface area contributed by atoms with E-state index in [1.165, 1.54) is 12.8 Å². The summed E-state index contributed by atoms with van der Waals surface area (Å²) in [4.78, 5) is 38.1. The highest BCUT2D eigenvalue weighted by atomic mass is 16.6. The number of allylic oxidation sites excluding steroid dienone is 26. The Morgan fingerprint density at radius 1 is 0.304 bits per heavy atom. The molecule has 0 heterocycles. The molecular weight excluding hydrogens is 853 g/mol. The van der Waals surface area contributed by atoms with Gasteiger partial charge in [0.05, 0.1) is 0 Å². The van der Waals surface area contributed by atoms with E-state index in [0.29, 0.717) is 12.8 Å². The quantitative estimate of drug-likeness (QED) is 0.0199. The third kappa shape index (κ3) is 53.8. The van der Waals surface area contributed by atoms with Crippen molar-refractivity contribution in [2.75, 3.05) is 13.2 Å². The summed E-state index contributed by atoms with van der Waals surface area (Å²) >= 11 is 0. The molecule has 0 saturated carbocycles. The fourth-order valence-electron chi connectivity index (χ4n) is 6.63. The lowest BCUT2D eigenvalue weighted by molar-refractivity contribution is -0.166. The molecule has 0 aliphatic rings. The van der Waals surface area contributed by atoms with Crippen LogP contribution in [0.15, 0.2) is 158 Å². The smallest absolute Gasteiger partial charge is 0.306 e. The summed E-state index contributed by atoms with van der Waals surface area (Å²) < 4.78 is 16.7. The number of hydrogen-bond donors (Lipinski definition) is 0. The second-order valence-corrected chi connectivity index (χ2v) is 17.0. The first-order valence-electron chi connectivity index (χ1n) is 27.0. The predicted octanol–water partition coefficient (Wildman–Crippen LogP) is 18.2. The highest BCUT2D eigenvalue weighted by Gasteiger charge is 2.19. The molecule has 0 aromatic carbocycles. The van der Waals surface area contributed by atoms with Crippen molar-refractivity contribution < 1.29 is 28.6 Å². The van der Waals surface area contributed by atoms with E-state index in [1.54, 1.807) is 0 Å². The maximum absolute atomic E-state index is 12.8. The lowest BCUT2D eigenvalue weighted by Gasteiger charge is -2.18. The van der Waals surface area contributed by atoms with Crippen molar-refractivity contribution >= 4 is 17.9 Å². The molecule has 1 atom stereocenters. The Labute approximate surface area is 422 Å². The maximum Gasteiger partial charge on any atom is 0.306 e. The second-order valence-electron chi connectivity index (χ2n) is 17.0. The van der Waals surface area contributed by atoms with E-state index in [2.05, 4.69) is 161 Å². The molecule has 0 radical (unpaired) electrons. The lowest BCUT2D eigenvalue weighted by atomic mass is 10.1. The molecule has 6 nitrogen and oxygen atoms in total. The number of carbonyl (C=O) groups excluding carboxylic acids is 3. The highest BCUT2D eigenvalue weighted by Crippen LogP contribution is 2.12. The van der Waals surface area contributed by atoms with Gasteiger partial charge in [0.25, 0.3) is 0 Å². The van der Waals surface area contributed by atoms with E-state index in [-0.39, 0.29) is 44.0 Å². The Morgan fingerprint density at radius 3 is 1.06 bits per heavy atom. The molecule has 0 saturated heterocycles. The lowest BCUT2D eigenvalue weighted by Crippen LogP contribution is -2.30. The summed E-state index contributed by atoms with van der Waals surface area (Å²) in [5, 5.41) is 0. The van der Waals surface area contributed by atoms with E-state index < -0.39 is 6.10 Å². The molecule has 0 aromatic heterocycles. The SMILES string of the molecule is CC/C=C/C=C/C=C/CCCCCCCC(=O)OCC(COC(=O)CC/C=C/C/C=C/C/C=C/C/C=C/C/C=C/C/C=C/CC)OC(=O)CCCCCCCC/C=C/C/C=C/C/C=C/C/C=C/CC. The van der Waals surface area contributed by atoms with Gasteiger partial charge < -0.3 is 14.2 Å². The van der Waals surface area contributed by atoms with Gasteiger partial charge in [-0.15, -0.1) is 0 Å². The topological polar surface area (TPSA) is 78.9 Å². The molecule has 0 aliphatic carbocycles. The van der Waals surface area contributed by atoms with E-state index >= 15 is 0 Å². The minimum atomic E-state index is -0.833. The van der Waals surface area contributed by atoms with E-state index in [4.69, 9.17) is 14.2 Å². The van der Waals surface area contributed by atoms with Gasteiger partial charge in [-0.05, 0) is 116 Å². The van der Waals surface area contributed by atoms with Crippen molar-refractivity contribution in [1.29, 1.82) is 0 Å². The highest BCUT2D eigenvalue weighted by molar-refractivity contribution is 5.71. The third-order valence-electron chi connectivity index (χ3n) is 10.6. The normalized spacial score (nSPS) is 13.4. The largest absolute Gasteiger partial charge is 0.462 e. The Balaban J connectivity index is 4.58. The van der Waals surface area contributed by atoms with Gasteiger partial charge in [-0.1, -0.05) is 224 Å². The second kappa shape index (κ2) is 55.6. The molecule has 0 amide bonds. The van der Waals surface area contributed by atoms with Crippen molar-refractivity contribution in [2.24, 2.45) is 0 Å². The zero-order valence-corrected chi connectivity index (χ0v) is 43.8. The van der Waals surface area contributed by atoms with Crippen LogP contribution in [0.4, 0.5) is 0 Å². The summed E-state index contributed by atoms with van der Waals surface area (Å²) in [7, 11) is 0. The Kier molecular flexibility index (Phi) is 51.6. The van der Waals surface area contributed by atoms with Crippen LogP contribution in [-0.2, 0) is 28.6 Å². The van der Waals surface area contributed by atoms with Crippen LogP contribution in [0.2, 0.25) is 0 Å². The van der Waals surface area contributed by atoms with E-state index in [1.807, 2.05) is 18.2 Å². The van der Waals surface area contributed by atoms with Gasteiger partial charge >= 0.3 is 17.9 Å². The zero-order chi connectivity index (χ0) is 50.0. The molecule has 0 aliphatic heterocycles. The van der Waals surface area contributed by atoms with Gasteiger partial charge in [-0.25, -0.2) is 0 Å². The molecule has 69 heavy (non-hydrogen) atoms. The predicted molar refractivity (Wildman–Crippen MR) is 297 cm³/mol. The standard InChI is InChI=1S/C63H96O6/c1-4-7-10-13-16-19-22-25-27-29-31-33-35-38-41-44-47-50-53-56-62(65)68-59-60(58-67-61(64)55-52-49-46-43-40-37-24-21-18-15-12-9-6-3)69-63(66)57-54-51-48-45-42-39-36-34-32-30-28-26-23-20-17-14-11-8-5-2/h7-12,15-21,24-28,31-34,38,41,47,50,60H,4-6,13-14,22-23,29-30,35-37,39-40,42-46,48-49,51-59H2,1-3H3/b10-7+,11-8+,12-9+,18-15+,19-16+,20-17+,24-21+,27-25+,28-26+,33-31+,34-32+,41-38+,50-47+. The number of unbranched alkanes of at least 4 members (excludes halogenated alkanes) is 11. The van der Waals surface area contributed by atoms with Crippen LogP contribution in [0.3, 0.4) is 0 Å². The molecule has 1 unspecified atom stereocenters. The van der Waals surface area contributed by atoms with Gasteiger partial charge in [0.15, 0.2) is 6.10 Å². The Bertz CT molecular complexity index is 1610. The first kappa shape index (κ1) is 64.0. The summed E-state index contributed by atoms with van der Waals surface area (Å²) in [6, 6.07) is 0. The van der Waals surface area contributed by atoms with Crippen molar-refractivity contribution in [3.63, 3.8) is 0 Å². The molecule has 384 valence electrons.